The molecular formula is C15H18N2. The van der Waals surface area contributed by atoms with Gasteiger partial charge >= 0.3 is 0 Å². The lowest BCUT2D eigenvalue weighted by molar-refractivity contribution is 0.820. The summed E-state index contributed by atoms with van der Waals surface area (Å²) < 4.78 is 0. The average molecular weight is 226 g/mol. The highest BCUT2D eigenvalue weighted by Gasteiger charge is 2.01. The summed E-state index contributed by atoms with van der Waals surface area (Å²) in [5.74, 6) is 0. The molecular weight excluding hydrogens is 208 g/mol. The second-order valence-electron chi connectivity index (χ2n) is 4.30. The summed E-state index contributed by atoms with van der Waals surface area (Å²) in [7, 11) is 0. The number of nitrogens with one attached hydrogen (secondary N) is 1. The molecule has 0 bridgehead atoms. The van der Waals surface area contributed by atoms with Gasteiger partial charge in [-0.3, -0.25) is 0 Å². The molecule has 1 aliphatic heterocycles. The van der Waals surface area contributed by atoms with Gasteiger partial charge in [0.2, 0.25) is 0 Å². The Morgan fingerprint density at radius 3 is 2.65 bits per heavy atom. The first-order valence-electron chi connectivity index (χ1n) is 5.89. The topological polar surface area (TPSA) is 38.0 Å². The van der Waals surface area contributed by atoms with Gasteiger partial charge in [0.15, 0.2) is 0 Å². The Hall–Kier alpha value is -1.96. The molecule has 0 amide bonds. The van der Waals surface area contributed by atoms with E-state index in [9.17, 15) is 0 Å². The minimum absolute atomic E-state index is 0.759. The van der Waals surface area contributed by atoms with E-state index in [-0.39, 0.29) is 0 Å². The Balaban J connectivity index is 2.42. The van der Waals surface area contributed by atoms with E-state index in [2.05, 4.69) is 30.4 Å². The Morgan fingerprint density at radius 2 is 1.88 bits per heavy atom. The van der Waals surface area contributed by atoms with E-state index < -0.39 is 0 Å². The van der Waals surface area contributed by atoms with Crippen LogP contribution in [0.3, 0.4) is 0 Å². The molecule has 1 aromatic carbocycles. The van der Waals surface area contributed by atoms with Crippen molar-refractivity contribution < 1.29 is 0 Å². The molecule has 2 rings (SSSR count). The van der Waals surface area contributed by atoms with Gasteiger partial charge in [-0.25, -0.2) is 0 Å². The van der Waals surface area contributed by atoms with Crippen LogP contribution in [0.4, 0.5) is 0 Å². The van der Waals surface area contributed by atoms with Gasteiger partial charge in [0, 0.05) is 18.4 Å². The molecule has 1 aromatic rings. The zero-order valence-corrected chi connectivity index (χ0v) is 10.1. The van der Waals surface area contributed by atoms with Gasteiger partial charge in [-0.1, -0.05) is 42.0 Å². The Bertz CT molecular complexity index is 467. The van der Waals surface area contributed by atoms with Gasteiger partial charge in [-0.05, 0) is 30.6 Å². The van der Waals surface area contributed by atoms with Crippen LogP contribution in [0.25, 0.3) is 5.57 Å². The Kier molecular flexibility index (Phi) is 3.66. The number of hydrogen-bond acceptors (Lipinski definition) is 2. The summed E-state index contributed by atoms with van der Waals surface area (Å²) in [6.07, 6.45) is 7.13. The predicted molar refractivity (Wildman–Crippen MR) is 73.1 cm³/mol. The molecule has 0 fully saturated rings. The lowest BCUT2D eigenvalue weighted by Gasteiger charge is -2.04. The highest BCUT2D eigenvalue weighted by molar-refractivity contribution is 5.76. The maximum Gasteiger partial charge on any atom is 0.0479 e. The third kappa shape index (κ3) is 3.25. The van der Waals surface area contributed by atoms with Gasteiger partial charge in [0.1, 0.15) is 0 Å². The van der Waals surface area contributed by atoms with Crippen molar-refractivity contribution in [2.45, 2.75) is 13.3 Å². The van der Waals surface area contributed by atoms with E-state index in [1.165, 1.54) is 16.7 Å². The number of nitrogens with two attached hydrogens (primary N) is 1. The lowest BCUT2D eigenvalue weighted by atomic mass is 10.0. The van der Waals surface area contributed by atoms with Crippen molar-refractivity contribution in [2.24, 2.45) is 5.73 Å². The maximum atomic E-state index is 5.94. The number of hydrogen-bond donors (Lipinski definition) is 2. The Morgan fingerprint density at radius 1 is 1.12 bits per heavy atom. The second-order valence-corrected chi connectivity index (χ2v) is 4.30. The van der Waals surface area contributed by atoms with Crippen LogP contribution in [-0.2, 0) is 0 Å². The fourth-order valence-electron chi connectivity index (χ4n) is 1.86. The van der Waals surface area contributed by atoms with E-state index in [0.29, 0.717) is 0 Å². The van der Waals surface area contributed by atoms with Gasteiger partial charge in [-0.15, -0.1) is 0 Å². The summed E-state index contributed by atoms with van der Waals surface area (Å²) in [5, 5.41) is 3.21. The molecule has 1 heterocycles. The molecule has 0 spiro atoms. The molecule has 17 heavy (non-hydrogen) atoms. The van der Waals surface area contributed by atoms with Crippen molar-refractivity contribution in [3.8, 4) is 0 Å². The fourth-order valence-corrected chi connectivity index (χ4v) is 1.86. The van der Waals surface area contributed by atoms with Crippen LogP contribution in [0.1, 0.15) is 18.9 Å². The molecule has 0 aliphatic carbocycles. The first-order chi connectivity index (χ1) is 8.25. The summed E-state index contributed by atoms with van der Waals surface area (Å²) in [6.45, 7) is 3.08. The quantitative estimate of drug-likeness (QED) is 0.772. The summed E-state index contributed by atoms with van der Waals surface area (Å²) >= 11 is 0. The molecule has 0 saturated carbocycles. The third-order valence-corrected chi connectivity index (χ3v) is 2.76. The van der Waals surface area contributed by atoms with Crippen molar-refractivity contribution in [3.05, 3.63) is 65.5 Å². The minimum atomic E-state index is 0.759. The van der Waals surface area contributed by atoms with Crippen LogP contribution >= 0.6 is 0 Å². The molecule has 0 aromatic heterocycles. The monoisotopic (exact) mass is 226 g/mol. The van der Waals surface area contributed by atoms with Crippen molar-refractivity contribution >= 4 is 5.57 Å². The van der Waals surface area contributed by atoms with E-state index >= 15 is 0 Å². The summed E-state index contributed by atoms with van der Waals surface area (Å²) in [4.78, 5) is 0. The van der Waals surface area contributed by atoms with E-state index in [0.717, 1.165) is 18.7 Å². The van der Waals surface area contributed by atoms with Gasteiger partial charge in [0.05, 0.1) is 0 Å². The molecule has 2 nitrogen and oxygen atoms in total. The molecule has 0 saturated heterocycles. The standard InChI is InChI=1S/C15H18N2/c1-12-7-8-17-11-15(16)10-14(9-12)13-5-3-2-4-6-13/h2-6,9-11,17H,7-8,16H2,1H3/b12-9+,14-10+,15-11-. The molecule has 0 unspecified atom stereocenters. The van der Waals surface area contributed by atoms with Crippen LogP contribution in [-0.4, -0.2) is 6.54 Å². The number of benzene rings is 1. The zero-order valence-electron chi connectivity index (χ0n) is 10.1. The lowest BCUT2D eigenvalue weighted by Crippen LogP contribution is -2.09. The van der Waals surface area contributed by atoms with Crippen LogP contribution < -0.4 is 11.1 Å². The predicted octanol–water partition coefficient (Wildman–Crippen LogP) is 2.81. The average Bonchev–Trinajstić information content (AvgIpc) is 2.42. The zero-order chi connectivity index (χ0) is 12.1. The molecule has 0 radical (unpaired) electrons. The molecule has 1 aliphatic rings. The molecule has 2 heteroatoms. The van der Waals surface area contributed by atoms with E-state index in [1.807, 2.05) is 30.5 Å². The van der Waals surface area contributed by atoms with Crippen LogP contribution in [0.2, 0.25) is 0 Å². The van der Waals surface area contributed by atoms with Gasteiger partial charge < -0.3 is 11.1 Å². The summed E-state index contributed by atoms with van der Waals surface area (Å²) in [6, 6.07) is 10.3. The fraction of sp³-hybridized carbons (Fsp3) is 0.200. The van der Waals surface area contributed by atoms with Crippen molar-refractivity contribution in [1.82, 2.24) is 5.32 Å². The smallest absolute Gasteiger partial charge is 0.0479 e. The van der Waals surface area contributed by atoms with Crippen LogP contribution in [0.15, 0.2) is 60.0 Å². The van der Waals surface area contributed by atoms with Crippen LogP contribution in [0.5, 0.6) is 0 Å². The molecule has 0 atom stereocenters. The van der Waals surface area contributed by atoms with Gasteiger partial charge in [0.25, 0.3) is 0 Å². The van der Waals surface area contributed by atoms with Crippen molar-refractivity contribution in [1.29, 1.82) is 0 Å². The first kappa shape index (κ1) is 11.5. The van der Waals surface area contributed by atoms with Gasteiger partial charge in [-0.2, -0.15) is 0 Å². The number of allylic oxidation sites excluding steroid dienone is 3. The molecule has 88 valence electrons. The minimum Gasteiger partial charge on any atom is -0.398 e. The van der Waals surface area contributed by atoms with Crippen LogP contribution in [0, 0.1) is 0 Å². The Labute approximate surface area is 103 Å². The third-order valence-electron chi connectivity index (χ3n) is 2.76. The maximum absolute atomic E-state index is 5.94. The highest BCUT2D eigenvalue weighted by atomic mass is 14.8. The van der Waals surface area contributed by atoms with Crippen molar-refractivity contribution in [2.75, 3.05) is 6.54 Å². The SMILES string of the molecule is C\C1=C/C(c2ccccc2)=C\C(N)=C\NCC1. The first-order valence-corrected chi connectivity index (χ1v) is 5.89. The summed E-state index contributed by atoms with van der Waals surface area (Å²) in [5.41, 5.74) is 10.4. The number of rotatable bonds is 1. The molecule has 3 N–H and O–H groups in total. The second kappa shape index (κ2) is 5.39. The van der Waals surface area contributed by atoms with E-state index in [1.54, 1.807) is 0 Å². The van der Waals surface area contributed by atoms with Crippen molar-refractivity contribution in [3.63, 3.8) is 0 Å². The normalized spacial score (nSPS) is 25.8. The highest BCUT2D eigenvalue weighted by Crippen LogP contribution is 2.20. The van der Waals surface area contributed by atoms with E-state index in [4.69, 9.17) is 5.73 Å². The largest absolute Gasteiger partial charge is 0.398 e.